The predicted octanol–water partition coefficient (Wildman–Crippen LogP) is 5.13. The van der Waals surface area contributed by atoms with E-state index in [-0.39, 0.29) is 5.28 Å². The Hall–Kier alpha value is -2.10. The SMILES string of the molecule is COc1ccc(-c2ccccc2)cc1-c1nc(Cl)ncc1Cl. The zero-order valence-corrected chi connectivity index (χ0v) is 13.3. The second-order valence-corrected chi connectivity index (χ2v) is 5.36. The number of rotatable bonds is 3. The minimum absolute atomic E-state index is 0.145. The molecule has 0 fully saturated rings. The van der Waals surface area contributed by atoms with Crippen LogP contribution in [-0.4, -0.2) is 17.1 Å². The number of ether oxygens (including phenoxy) is 1. The summed E-state index contributed by atoms with van der Waals surface area (Å²) in [6.07, 6.45) is 1.49. The second kappa shape index (κ2) is 6.34. The number of hydrogen-bond acceptors (Lipinski definition) is 3. The second-order valence-electron chi connectivity index (χ2n) is 4.62. The van der Waals surface area contributed by atoms with E-state index < -0.39 is 0 Å². The standard InChI is InChI=1S/C17H12Cl2N2O/c1-22-15-8-7-12(11-5-3-2-4-6-11)9-13(15)16-14(18)10-20-17(19)21-16/h2-10H,1H3. The van der Waals surface area contributed by atoms with Crippen LogP contribution in [0.25, 0.3) is 22.4 Å². The minimum Gasteiger partial charge on any atom is -0.496 e. The van der Waals surface area contributed by atoms with Crippen molar-refractivity contribution in [2.45, 2.75) is 0 Å². The summed E-state index contributed by atoms with van der Waals surface area (Å²) in [5, 5.41) is 0.569. The van der Waals surface area contributed by atoms with Gasteiger partial charge in [-0.15, -0.1) is 0 Å². The van der Waals surface area contributed by atoms with Gasteiger partial charge in [0.2, 0.25) is 5.28 Å². The average Bonchev–Trinajstić information content (AvgIpc) is 2.57. The summed E-state index contributed by atoms with van der Waals surface area (Å²) in [5.41, 5.74) is 3.47. The van der Waals surface area contributed by atoms with E-state index in [1.807, 2.05) is 48.5 Å². The van der Waals surface area contributed by atoms with Gasteiger partial charge in [-0.1, -0.05) is 48.0 Å². The highest BCUT2D eigenvalue weighted by Crippen LogP contribution is 2.36. The van der Waals surface area contributed by atoms with Gasteiger partial charge >= 0.3 is 0 Å². The van der Waals surface area contributed by atoms with E-state index in [0.29, 0.717) is 16.5 Å². The lowest BCUT2D eigenvalue weighted by Crippen LogP contribution is -1.94. The molecular weight excluding hydrogens is 319 g/mol. The Bertz CT molecular complexity index is 807. The van der Waals surface area contributed by atoms with Gasteiger partial charge in [0.15, 0.2) is 0 Å². The molecule has 0 N–H and O–H groups in total. The third-order valence-electron chi connectivity index (χ3n) is 3.28. The number of methoxy groups -OCH3 is 1. The predicted molar refractivity (Wildman–Crippen MR) is 89.5 cm³/mol. The lowest BCUT2D eigenvalue weighted by atomic mass is 10.0. The maximum Gasteiger partial charge on any atom is 0.222 e. The first-order chi connectivity index (χ1) is 10.7. The van der Waals surface area contributed by atoms with Crippen LogP contribution in [0.1, 0.15) is 0 Å². The molecule has 110 valence electrons. The summed E-state index contributed by atoms with van der Waals surface area (Å²) < 4.78 is 5.42. The Morgan fingerprint density at radius 1 is 0.955 bits per heavy atom. The number of benzene rings is 2. The Labute approximate surface area is 138 Å². The van der Waals surface area contributed by atoms with Crippen molar-refractivity contribution < 1.29 is 4.74 Å². The number of halogens is 2. The van der Waals surface area contributed by atoms with Gasteiger partial charge in [0.25, 0.3) is 0 Å². The van der Waals surface area contributed by atoms with Crippen LogP contribution in [0.2, 0.25) is 10.3 Å². The van der Waals surface area contributed by atoms with Crippen molar-refractivity contribution >= 4 is 23.2 Å². The largest absolute Gasteiger partial charge is 0.496 e. The van der Waals surface area contributed by atoms with Crippen LogP contribution in [0.3, 0.4) is 0 Å². The van der Waals surface area contributed by atoms with Crippen LogP contribution in [0, 0.1) is 0 Å². The van der Waals surface area contributed by atoms with E-state index in [1.54, 1.807) is 7.11 Å². The maximum atomic E-state index is 6.22. The Kier molecular flexibility index (Phi) is 4.27. The molecule has 0 amide bonds. The Morgan fingerprint density at radius 3 is 2.45 bits per heavy atom. The molecule has 3 nitrogen and oxygen atoms in total. The van der Waals surface area contributed by atoms with Crippen molar-refractivity contribution in [2.75, 3.05) is 7.11 Å². The average molecular weight is 331 g/mol. The molecule has 1 heterocycles. The summed E-state index contributed by atoms with van der Waals surface area (Å²) in [5.74, 6) is 0.677. The number of aromatic nitrogens is 2. The number of hydrogen-bond donors (Lipinski definition) is 0. The van der Waals surface area contributed by atoms with Gasteiger partial charge < -0.3 is 4.74 Å². The fourth-order valence-electron chi connectivity index (χ4n) is 2.24. The van der Waals surface area contributed by atoms with Crippen LogP contribution in [0.5, 0.6) is 5.75 Å². The van der Waals surface area contributed by atoms with Gasteiger partial charge in [0, 0.05) is 5.56 Å². The highest BCUT2D eigenvalue weighted by molar-refractivity contribution is 6.33. The zero-order valence-electron chi connectivity index (χ0n) is 11.8. The lowest BCUT2D eigenvalue weighted by molar-refractivity contribution is 0.416. The molecule has 0 bridgehead atoms. The van der Waals surface area contributed by atoms with E-state index >= 15 is 0 Å². The molecule has 5 heteroatoms. The molecule has 22 heavy (non-hydrogen) atoms. The van der Waals surface area contributed by atoms with Crippen LogP contribution < -0.4 is 4.74 Å². The topological polar surface area (TPSA) is 35.0 Å². The van der Waals surface area contributed by atoms with Gasteiger partial charge in [-0.3, -0.25) is 0 Å². The van der Waals surface area contributed by atoms with Crippen LogP contribution >= 0.6 is 23.2 Å². The molecule has 0 spiro atoms. The highest BCUT2D eigenvalue weighted by atomic mass is 35.5. The van der Waals surface area contributed by atoms with Crippen molar-refractivity contribution in [3.8, 4) is 28.1 Å². The zero-order chi connectivity index (χ0) is 15.5. The normalized spacial score (nSPS) is 10.5. The van der Waals surface area contributed by atoms with E-state index in [0.717, 1.165) is 16.7 Å². The quantitative estimate of drug-likeness (QED) is 0.624. The molecule has 0 unspecified atom stereocenters. The lowest BCUT2D eigenvalue weighted by Gasteiger charge is -2.12. The molecule has 0 saturated carbocycles. The van der Waals surface area contributed by atoms with E-state index in [9.17, 15) is 0 Å². The molecule has 0 radical (unpaired) electrons. The molecule has 0 aliphatic carbocycles. The third kappa shape index (κ3) is 2.91. The van der Waals surface area contributed by atoms with Crippen molar-refractivity contribution in [3.05, 3.63) is 65.0 Å². The summed E-state index contributed by atoms with van der Waals surface area (Å²) >= 11 is 12.1. The van der Waals surface area contributed by atoms with Gasteiger partial charge in [-0.2, -0.15) is 0 Å². The fraction of sp³-hybridized carbons (Fsp3) is 0.0588. The van der Waals surface area contributed by atoms with Gasteiger partial charge in [0.1, 0.15) is 5.75 Å². The Morgan fingerprint density at radius 2 is 1.73 bits per heavy atom. The minimum atomic E-state index is 0.145. The summed E-state index contributed by atoms with van der Waals surface area (Å²) in [6, 6.07) is 15.9. The molecule has 0 saturated heterocycles. The molecule has 1 aromatic heterocycles. The van der Waals surface area contributed by atoms with Gasteiger partial charge in [-0.25, -0.2) is 9.97 Å². The van der Waals surface area contributed by atoms with Crippen molar-refractivity contribution in [1.29, 1.82) is 0 Å². The summed E-state index contributed by atoms with van der Waals surface area (Å²) in [4.78, 5) is 8.11. The summed E-state index contributed by atoms with van der Waals surface area (Å²) in [6.45, 7) is 0. The van der Waals surface area contributed by atoms with Crippen LogP contribution in [0.15, 0.2) is 54.7 Å². The molecule has 0 aliphatic heterocycles. The molecule has 0 aliphatic rings. The molecule has 2 aromatic carbocycles. The van der Waals surface area contributed by atoms with E-state index in [2.05, 4.69) is 9.97 Å². The first-order valence-corrected chi connectivity index (χ1v) is 7.36. The number of nitrogens with zero attached hydrogens (tertiary/aromatic N) is 2. The van der Waals surface area contributed by atoms with Gasteiger partial charge in [0.05, 0.1) is 24.0 Å². The molecule has 3 aromatic rings. The van der Waals surface area contributed by atoms with Crippen molar-refractivity contribution in [3.63, 3.8) is 0 Å². The van der Waals surface area contributed by atoms with Crippen molar-refractivity contribution in [2.24, 2.45) is 0 Å². The summed E-state index contributed by atoms with van der Waals surface area (Å²) in [7, 11) is 1.61. The fourth-order valence-corrected chi connectivity index (χ4v) is 2.56. The van der Waals surface area contributed by atoms with Gasteiger partial charge in [-0.05, 0) is 34.9 Å². The molecular formula is C17H12Cl2N2O. The Balaban J connectivity index is 2.19. The van der Waals surface area contributed by atoms with Crippen LogP contribution in [-0.2, 0) is 0 Å². The first kappa shape index (κ1) is 14.8. The maximum absolute atomic E-state index is 6.22. The van der Waals surface area contributed by atoms with E-state index in [1.165, 1.54) is 6.20 Å². The third-order valence-corrected chi connectivity index (χ3v) is 3.74. The smallest absolute Gasteiger partial charge is 0.222 e. The molecule has 3 rings (SSSR count). The van der Waals surface area contributed by atoms with Crippen LogP contribution in [0.4, 0.5) is 0 Å². The highest BCUT2D eigenvalue weighted by Gasteiger charge is 2.14. The monoisotopic (exact) mass is 330 g/mol. The first-order valence-electron chi connectivity index (χ1n) is 6.61. The van der Waals surface area contributed by atoms with E-state index in [4.69, 9.17) is 27.9 Å². The van der Waals surface area contributed by atoms with Crippen molar-refractivity contribution in [1.82, 2.24) is 9.97 Å². The molecule has 0 atom stereocenters.